The van der Waals surface area contributed by atoms with E-state index in [-0.39, 0.29) is 29.4 Å². The van der Waals surface area contributed by atoms with Crippen LogP contribution in [0.4, 0.5) is 4.39 Å². The van der Waals surface area contributed by atoms with Crippen molar-refractivity contribution in [2.45, 2.75) is 18.2 Å². The SMILES string of the molecule is CCN(CCC(=O)O)S(=O)(=O)c1ccc(F)cc1Cl. The molecule has 0 saturated carbocycles. The van der Waals surface area contributed by atoms with E-state index >= 15 is 0 Å². The van der Waals surface area contributed by atoms with Gasteiger partial charge in [-0.3, -0.25) is 4.79 Å². The highest BCUT2D eigenvalue weighted by molar-refractivity contribution is 7.89. The number of hydrogen-bond donors (Lipinski definition) is 1. The van der Waals surface area contributed by atoms with Crippen LogP contribution in [0.15, 0.2) is 23.1 Å². The summed E-state index contributed by atoms with van der Waals surface area (Å²) in [5.41, 5.74) is 0. The zero-order valence-electron chi connectivity index (χ0n) is 10.1. The van der Waals surface area contributed by atoms with Crippen LogP contribution in [0.25, 0.3) is 0 Å². The summed E-state index contributed by atoms with van der Waals surface area (Å²) in [6, 6.07) is 2.96. The molecule has 0 aromatic heterocycles. The smallest absolute Gasteiger partial charge is 0.304 e. The van der Waals surface area contributed by atoms with E-state index in [4.69, 9.17) is 16.7 Å². The Morgan fingerprint density at radius 3 is 2.58 bits per heavy atom. The number of benzene rings is 1. The Morgan fingerprint density at radius 2 is 2.11 bits per heavy atom. The molecule has 8 heteroatoms. The van der Waals surface area contributed by atoms with E-state index in [1.165, 1.54) is 0 Å². The molecule has 0 atom stereocenters. The number of sulfonamides is 1. The zero-order chi connectivity index (χ0) is 14.6. The van der Waals surface area contributed by atoms with Crippen molar-refractivity contribution in [3.63, 3.8) is 0 Å². The molecule has 0 saturated heterocycles. The van der Waals surface area contributed by atoms with Crippen LogP contribution in [0.1, 0.15) is 13.3 Å². The summed E-state index contributed by atoms with van der Waals surface area (Å²) in [6.07, 6.45) is -0.314. The third kappa shape index (κ3) is 3.89. The van der Waals surface area contributed by atoms with Gasteiger partial charge in [-0.25, -0.2) is 12.8 Å². The first kappa shape index (κ1) is 15.9. The number of carboxylic acids is 1. The van der Waals surface area contributed by atoms with Crippen LogP contribution in [0.2, 0.25) is 5.02 Å². The highest BCUT2D eigenvalue weighted by Crippen LogP contribution is 2.25. The first-order valence-corrected chi connectivity index (χ1v) is 7.27. The minimum Gasteiger partial charge on any atom is -0.481 e. The molecule has 0 aliphatic carbocycles. The Labute approximate surface area is 115 Å². The molecule has 0 spiro atoms. The molecule has 0 aliphatic heterocycles. The molecule has 1 rings (SSSR count). The quantitative estimate of drug-likeness (QED) is 0.871. The Kier molecular flexibility index (Phi) is 5.28. The van der Waals surface area contributed by atoms with Gasteiger partial charge in [0.15, 0.2) is 0 Å². The Morgan fingerprint density at radius 1 is 1.47 bits per heavy atom. The van der Waals surface area contributed by atoms with Gasteiger partial charge in [-0.05, 0) is 18.2 Å². The highest BCUT2D eigenvalue weighted by atomic mass is 35.5. The fraction of sp³-hybridized carbons (Fsp3) is 0.364. The van der Waals surface area contributed by atoms with Crippen LogP contribution in [0.3, 0.4) is 0 Å². The van der Waals surface area contributed by atoms with Gasteiger partial charge >= 0.3 is 5.97 Å². The second-order valence-electron chi connectivity index (χ2n) is 3.72. The van der Waals surface area contributed by atoms with Gasteiger partial charge in [0.2, 0.25) is 10.0 Å². The van der Waals surface area contributed by atoms with Gasteiger partial charge in [-0.15, -0.1) is 0 Å². The minimum absolute atomic E-state index is 0.101. The number of rotatable bonds is 6. The van der Waals surface area contributed by atoms with Crippen LogP contribution >= 0.6 is 11.6 Å². The Hall–Kier alpha value is -1.18. The minimum atomic E-state index is -3.92. The summed E-state index contributed by atoms with van der Waals surface area (Å²) in [7, 11) is -3.92. The predicted octanol–water partition coefficient (Wildman–Crippen LogP) is 1.96. The van der Waals surface area contributed by atoms with Gasteiger partial charge < -0.3 is 5.11 Å². The number of hydrogen-bond acceptors (Lipinski definition) is 3. The maximum atomic E-state index is 12.9. The second-order valence-corrected chi connectivity index (χ2v) is 6.03. The molecule has 0 fully saturated rings. The van der Waals surface area contributed by atoms with Gasteiger partial charge in [-0.2, -0.15) is 4.31 Å². The van der Waals surface area contributed by atoms with Gasteiger partial charge in [0.05, 0.1) is 11.4 Å². The van der Waals surface area contributed by atoms with E-state index in [0.717, 1.165) is 22.5 Å². The van der Waals surface area contributed by atoms with E-state index in [1.54, 1.807) is 6.92 Å². The largest absolute Gasteiger partial charge is 0.481 e. The Balaban J connectivity index is 3.09. The number of carboxylic acid groups (broad SMARTS) is 1. The van der Waals surface area contributed by atoms with Crippen molar-refractivity contribution in [3.8, 4) is 0 Å². The molecule has 1 aromatic carbocycles. The summed E-state index contributed by atoms with van der Waals surface area (Å²) in [5.74, 6) is -1.74. The zero-order valence-corrected chi connectivity index (χ0v) is 11.7. The lowest BCUT2D eigenvalue weighted by atomic mass is 10.3. The van der Waals surface area contributed by atoms with E-state index in [2.05, 4.69) is 0 Å². The summed E-state index contributed by atoms with van der Waals surface area (Å²) >= 11 is 5.72. The summed E-state index contributed by atoms with van der Waals surface area (Å²) in [4.78, 5) is 10.3. The molecule has 0 amide bonds. The summed E-state index contributed by atoms with van der Waals surface area (Å²) in [6.45, 7) is 1.52. The van der Waals surface area contributed by atoms with Crippen LogP contribution in [0.5, 0.6) is 0 Å². The van der Waals surface area contributed by atoms with Crippen molar-refractivity contribution in [1.82, 2.24) is 4.31 Å². The summed E-state index contributed by atoms with van der Waals surface area (Å²) < 4.78 is 38.4. The van der Waals surface area contributed by atoms with Crippen LogP contribution in [0, 0.1) is 5.82 Å². The highest BCUT2D eigenvalue weighted by Gasteiger charge is 2.26. The average molecular weight is 310 g/mol. The number of carbonyl (C=O) groups is 1. The lowest BCUT2D eigenvalue weighted by molar-refractivity contribution is -0.137. The average Bonchev–Trinajstić information content (AvgIpc) is 2.28. The molecule has 106 valence electrons. The van der Waals surface area contributed by atoms with Crippen molar-refractivity contribution in [3.05, 3.63) is 29.0 Å². The topological polar surface area (TPSA) is 74.7 Å². The number of nitrogens with zero attached hydrogens (tertiary/aromatic N) is 1. The second kappa shape index (κ2) is 6.31. The lowest BCUT2D eigenvalue weighted by Gasteiger charge is -2.20. The van der Waals surface area contributed by atoms with Crippen molar-refractivity contribution in [2.75, 3.05) is 13.1 Å². The van der Waals surface area contributed by atoms with Crippen molar-refractivity contribution in [1.29, 1.82) is 0 Å². The maximum Gasteiger partial charge on any atom is 0.304 e. The van der Waals surface area contributed by atoms with Gasteiger partial charge in [-0.1, -0.05) is 18.5 Å². The maximum absolute atomic E-state index is 12.9. The number of halogens is 2. The van der Waals surface area contributed by atoms with Crippen LogP contribution < -0.4 is 0 Å². The van der Waals surface area contributed by atoms with Crippen LogP contribution in [-0.2, 0) is 14.8 Å². The van der Waals surface area contributed by atoms with E-state index in [9.17, 15) is 17.6 Å². The molecule has 0 bridgehead atoms. The van der Waals surface area contributed by atoms with Crippen LogP contribution in [-0.4, -0.2) is 36.9 Å². The normalized spacial score (nSPS) is 11.8. The molecule has 1 N–H and O–H groups in total. The monoisotopic (exact) mass is 309 g/mol. The molecule has 0 aliphatic rings. The number of aliphatic carboxylic acids is 1. The first-order valence-electron chi connectivity index (χ1n) is 5.46. The van der Waals surface area contributed by atoms with Crippen molar-refractivity contribution >= 4 is 27.6 Å². The van der Waals surface area contributed by atoms with Crippen molar-refractivity contribution in [2.24, 2.45) is 0 Å². The first-order chi connectivity index (χ1) is 8.78. The third-order valence-corrected chi connectivity index (χ3v) is 4.90. The molecule has 19 heavy (non-hydrogen) atoms. The van der Waals surface area contributed by atoms with Crippen molar-refractivity contribution < 1.29 is 22.7 Å². The predicted molar refractivity (Wildman–Crippen MR) is 68.1 cm³/mol. The molecular formula is C11H13ClFNO4S. The van der Waals surface area contributed by atoms with Gasteiger partial charge in [0.25, 0.3) is 0 Å². The summed E-state index contributed by atoms with van der Waals surface area (Å²) in [5, 5.41) is 8.36. The Bertz CT molecular complexity index is 576. The fourth-order valence-electron chi connectivity index (χ4n) is 1.49. The molecule has 5 nitrogen and oxygen atoms in total. The van der Waals surface area contributed by atoms with Gasteiger partial charge in [0, 0.05) is 13.1 Å². The molecule has 0 radical (unpaired) electrons. The van der Waals surface area contributed by atoms with E-state index in [1.807, 2.05) is 0 Å². The van der Waals surface area contributed by atoms with Gasteiger partial charge in [0.1, 0.15) is 10.7 Å². The fourth-order valence-corrected chi connectivity index (χ4v) is 3.45. The third-order valence-electron chi connectivity index (χ3n) is 2.44. The lowest BCUT2D eigenvalue weighted by Crippen LogP contribution is -2.33. The standard InChI is InChI=1S/C11H13ClFNO4S/c1-2-14(6-5-11(15)16)19(17,18)10-4-3-8(13)7-9(10)12/h3-4,7H,2,5-6H2,1H3,(H,15,16). The molecular weight excluding hydrogens is 297 g/mol. The van der Waals surface area contributed by atoms with E-state index in [0.29, 0.717) is 0 Å². The molecule has 0 heterocycles. The molecule has 1 aromatic rings. The molecule has 0 unspecified atom stereocenters. The van der Waals surface area contributed by atoms with E-state index < -0.39 is 21.8 Å².